The maximum Gasteiger partial charge on any atom is 0.228 e. The molecule has 3 heterocycles. The topological polar surface area (TPSA) is 72.7 Å². The number of pyridine rings is 1. The van der Waals surface area contributed by atoms with E-state index in [1.807, 2.05) is 43.5 Å². The molecule has 7 heteroatoms. The Labute approximate surface area is 189 Å². The van der Waals surface area contributed by atoms with Crippen LogP contribution in [0.4, 0.5) is 5.82 Å². The zero-order chi connectivity index (χ0) is 22.2. The van der Waals surface area contributed by atoms with E-state index in [9.17, 15) is 0 Å². The van der Waals surface area contributed by atoms with Crippen molar-refractivity contribution < 1.29 is 13.9 Å². The van der Waals surface area contributed by atoms with Crippen molar-refractivity contribution in [3.05, 3.63) is 72.3 Å². The van der Waals surface area contributed by atoms with E-state index < -0.39 is 0 Å². The Hall–Kier alpha value is -3.16. The van der Waals surface area contributed by atoms with Gasteiger partial charge in [-0.1, -0.05) is 18.2 Å². The average molecular weight is 435 g/mol. The molecule has 1 aliphatic heterocycles. The highest BCUT2D eigenvalue weighted by molar-refractivity contribution is 5.55. The molecule has 1 N–H and O–H groups in total. The predicted octanol–water partition coefficient (Wildman–Crippen LogP) is 3.78. The van der Waals surface area contributed by atoms with Crippen LogP contribution >= 0.6 is 0 Å². The van der Waals surface area contributed by atoms with Crippen LogP contribution in [0, 0.1) is 6.92 Å². The van der Waals surface area contributed by atoms with Crippen molar-refractivity contribution >= 4 is 5.82 Å². The van der Waals surface area contributed by atoms with E-state index in [1.54, 1.807) is 0 Å². The first-order valence-electron chi connectivity index (χ1n) is 11.0. The summed E-state index contributed by atoms with van der Waals surface area (Å²) in [6, 6.07) is 12.1. The van der Waals surface area contributed by atoms with Gasteiger partial charge in [0.25, 0.3) is 0 Å². The highest BCUT2D eigenvalue weighted by Gasteiger charge is 2.15. The fourth-order valence-corrected chi connectivity index (χ4v) is 3.60. The van der Waals surface area contributed by atoms with Crippen molar-refractivity contribution in [3.63, 3.8) is 0 Å². The van der Waals surface area contributed by atoms with Gasteiger partial charge >= 0.3 is 0 Å². The van der Waals surface area contributed by atoms with Crippen molar-refractivity contribution in [1.82, 2.24) is 15.3 Å². The molecule has 32 heavy (non-hydrogen) atoms. The SMILES string of the molecule is C=CCNCc1cccc(OCCc2nc(-c3ccc(N4CCOCC4)nc3)oc2C)c1. The number of nitrogens with one attached hydrogen (secondary N) is 1. The van der Waals surface area contributed by atoms with Crippen LogP contribution in [0.1, 0.15) is 17.0 Å². The number of morpholine rings is 1. The molecule has 168 valence electrons. The second-order valence-corrected chi connectivity index (χ2v) is 7.69. The highest BCUT2D eigenvalue weighted by atomic mass is 16.5. The largest absolute Gasteiger partial charge is 0.493 e. The monoisotopic (exact) mass is 434 g/mol. The smallest absolute Gasteiger partial charge is 0.228 e. The number of rotatable bonds is 10. The average Bonchev–Trinajstić information content (AvgIpc) is 3.21. The summed E-state index contributed by atoms with van der Waals surface area (Å²) in [7, 11) is 0. The van der Waals surface area contributed by atoms with Crippen LogP contribution in [-0.2, 0) is 17.7 Å². The number of hydrogen-bond donors (Lipinski definition) is 1. The normalized spacial score (nSPS) is 13.8. The molecule has 1 aromatic carbocycles. The molecule has 4 rings (SSSR count). The minimum Gasteiger partial charge on any atom is -0.493 e. The fraction of sp³-hybridized carbons (Fsp3) is 0.360. The van der Waals surface area contributed by atoms with Gasteiger partial charge in [0.1, 0.15) is 17.3 Å². The van der Waals surface area contributed by atoms with Crippen LogP contribution < -0.4 is 15.0 Å². The Morgan fingerprint density at radius 1 is 1.22 bits per heavy atom. The first-order chi connectivity index (χ1) is 15.7. The molecule has 0 aliphatic carbocycles. The molecule has 0 spiro atoms. The van der Waals surface area contributed by atoms with E-state index in [0.717, 1.165) is 68.0 Å². The third kappa shape index (κ3) is 5.75. The summed E-state index contributed by atoms with van der Waals surface area (Å²) in [5, 5.41) is 3.30. The Balaban J connectivity index is 1.33. The molecule has 1 fully saturated rings. The molecule has 0 amide bonds. The fourth-order valence-electron chi connectivity index (χ4n) is 3.60. The van der Waals surface area contributed by atoms with Crippen molar-refractivity contribution in [1.29, 1.82) is 0 Å². The zero-order valence-corrected chi connectivity index (χ0v) is 18.5. The van der Waals surface area contributed by atoms with E-state index in [1.165, 1.54) is 5.56 Å². The molecule has 0 unspecified atom stereocenters. The molecule has 1 aliphatic rings. The lowest BCUT2D eigenvalue weighted by molar-refractivity contribution is 0.122. The van der Waals surface area contributed by atoms with Gasteiger partial charge in [-0.2, -0.15) is 0 Å². The number of aryl methyl sites for hydroxylation is 1. The number of aromatic nitrogens is 2. The highest BCUT2D eigenvalue weighted by Crippen LogP contribution is 2.24. The second-order valence-electron chi connectivity index (χ2n) is 7.69. The van der Waals surface area contributed by atoms with E-state index in [2.05, 4.69) is 38.9 Å². The molecule has 0 saturated carbocycles. The standard InChI is InChI=1S/C25H30N4O3/c1-3-10-26-17-20-5-4-6-22(16-20)31-13-9-23-19(2)32-25(28-23)21-7-8-24(27-18-21)29-11-14-30-15-12-29/h3-8,16,18,26H,1,9-15,17H2,2H3. The van der Waals surface area contributed by atoms with Gasteiger partial charge in [0, 0.05) is 38.8 Å². The third-order valence-electron chi connectivity index (χ3n) is 5.35. The van der Waals surface area contributed by atoms with Crippen molar-refractivity contribution in [3.8, 4) is 17.2 Å². The molecule has 2 aromatic heterocycles. The van der Waals surface area contributed by atoms with E-state index in [-0.39, 0.29) is 0 Å². The molecule has 3 aromatic rings. The predicted molar refractivity (Wildman–Crippen MR) is 125 cm³/mol. The Morgan fingerprint density at radius 2 is 2.09 bits per heavy atom. The van der Waals surface area contributed by atoms with Crippen LogP contribution in [-0.4, -0.2) is 49.4 Å². The Morgan fingerprint density at radius 3 is 2.88 bits per heavy atom. The van der Waals surface area contributed by atoms with Gasteiger partial charge in [0.05, 0.1) is 31.1 Å². The number of oxazole rings is 1. The van der Waals surface area contributed by atoms with Gasteiger partial charge in [0.2, 0.25) is 5.89 Å². The van der Waals surface area contributed by atoms with Gasteiger partial charge in [-0.25, -0.2) is 9.97 Å². The maximum atomic E-state index is 5.95. The second kappa shape index (κ2) is 10.9. The first kappa shape index (κ1) is 22.0. The first-order valence-corrected chi connectivity index (χ1v) is 11.0. The van der Waals surface area contributed by atoms with Crippen molar-refractivity contribution in [2.24, 2.45) is 0 Å². The Kier molecular flexibility index (Phi) is 7.53. The zero-order valence-electron chi connectivity index (χ0n) is 18.5. The summed E-state index contributed by atoms with van der Waals surface area (Å²) in [6.07, 6.45) is 4.35. The van der Waals surface area contributed by atoms with Gasteiger partial charge in [-0.15, -0.1) is 6.58 Å². The van der Waals surface area contributed by atoms with Gasteiger partial charge in [-0.3, -0.25) is 0 Å². The van der Waals surface area contributed by atoms with E-state index >= 15 is 0 Å². The van der Waals surface area contributed by atoms with Crippen molar-refractivity contribution in [2.45, 2.75) is 19.9 Å². The van der Waals surface area contributed by atoms with Gasteiger partial charge in [-0.05, 0) is 36.8 Å². The lowest BCUT2D eigenvalue weighted by Crippen LogP contribution is -2.36. The molecule has 0 bridgehead atoms. The van der Waals surface area contributed by atoms with Gasteiger partial charge < -0.3 is 24.1 Å². The summed E-state index contributed by atoms with van der Waals surface area (Å²) in [5.74, 6) is 3.21. The van der Waals surface area contributed by atoms with Crippen LogP contribution in [0.25, 0.3) is 11.5 Å². The van der Waals surface area contributed by atoms with E-state index in [4.69, 9.17) is 13.9 Å². The minimum atomic E-state index is 0.532. The third-order valence-corrected chi connectivity index (χ3v) is 5.35. The molecule has 7 nitrogen and oxygen atoms in total. The number of ether oxygens (including phenoxy) is 2. The summed E-state index contributed by atoms with van der Waals surface area (Å²) in [5.41, 5.74) is 2.95. The van der Waals surface area contributed by atoms with Crippen LogP contribution in [0.15, 0.2) is 59.7 Å². The number of anilines is 1. The number of nitrogens with zero attached hydrogens (tertiary/aromatic N) is 3. The summed E-state index contributed by atoms with van der Waals surface area (Å²) >= 11 is 0. The molecule has 0 atom stereocenters. The minimum absolute atomic E-state index is 0.532. The molecular formula is C25H30N4O3. The number of hydrogen-bond acceptors (Lipinski definition) is 7. The summed E-state index contributed by atoms with van der Waals surface area (Å²) < 4.78 is 17.3. The van der Waals surface area contributed by atoms with E-state index in [0.29, 0.717) is 18.9 Å². The van der Waals surface area contributed by atoms with Crippen LogP contribution in [0.3, 0.4) is 0 Å². The Bertz CT molecular complexity index is 1010. The summed E-state index contributed by atoms with van der Waals surface area (Å²) in [4.78, 5) is 11.5. The molecule has 0 radical (unpaired) electrons. The van der Waals surface area contributed by atoms with Crippen molar-refractivity contribution in [2.75, 3.05) is 44.4 Å². The maximum absolute atomic E-state index is 5.95. The lowest BCUT2D eigenvalue weighted by Gasteiger charge is -2.27. The molecule has 1 saturated heterocycles. The number of benzene rings is 1. The summed E-state index contributed by atoms with van der Waals surface area (Å²) in [6.45, 7) is 11.0. The molecular weight excluding hydrogens is 404 g/mol. The lowest BCUT2D eigenvalue weighted by atomic mass is 10.2. The van der Waals surface area contributed by atoms with Gasteiger partial charge in [0.15, 0.2) is 0 Å². The van der Waals surface area contributed by atoms with Crippen LogP contribution in [0.5, 0.6) is 5.75 Å². The van der Waals surface area contributed by atoms with Crippen LogP contribution in [0.2, 0.25) is 0 Å². The quantitative estimate of drug-likeness (QED) is 0.385.